The largest absolute Gasteiger partial charge is 0.486 e. The second-order valence-corrected chi connectivity index (χ2v) is 10.7. The fraction of sp³-hybridized carbons (Fsp3) is 0.200. The number of sulfonamides is 1. The molecule has 1 aliphatic heterocycles. The highest BCUT2D eigenvalue weighted by molar-refractivity contribution is 7.92. The molecule has 1 amide bonds. The van der Waals surface area contributed by atoms with E-state index in [0.717, 1.165) is 10.2 Å². The summed E-state index contributed by atoms with van der Waals surface area (Å²) in [5.41, 5.74) is 1.77. The van der Waals surface area contributed by atoms with Crippen molar-refractivity contribution in [3.63, 3.8) is 0 Å². The number of amides is 1. The molecule has 1 aromatic heterocycles. The highest BCUT2D eigenvalue weighted by Crippen LogP contribution is 2.35. The summed E-state index contributed by atoms with van der Waals surface area (Å²) in [6, 6.07) is 18.6. The smallest absolute Gasteiger partial charge is 0.279 e. The van der Waals surface area contributed by atoms with Crippen molar-refractivity contribution in [2.75, 3.05) is 24.1 Å². The van der Waals surface area contributed by atoms with Crippen LogP contribution in [0.1, 0.15) is 17.3 Å². The van der Waals surface area contributed by atoms with Crippen LogP contribution < -0.4 is 18.6 Å². The van der Waals surface area contributed by atoms with E-state index in [0.29, 0.717) is 40.8 Å². The van der Waals surface area contributed by atoms with Crippen LogP contribution in [0.4, 0.5) is 5.69 Å². The van der Waals surface area contributed by atoms with Crippen LogP contribution in [0, 0.1) is 0 Å². The van der Waals surface area contributed by atoms with Gasteiger partial charge in [0.05, 0.1) is 20.8 Å². The SMILES string of the molecule is CCN(c1ccccc1)S(=O)(=O)c1ccc(C(=O)N=c2sc3cc4c(cc3n2C)OCCO4)cc1. The average molecular weight is 510 g/mol. The number of carbonyl (C=O) groups is 1. The molecule has 4 aromatic rings. The highest BCUT2D eigenvalue weighted by Gasteiger charge is 2.24. The van der Waals surface area contributed by atoms with E-state index in [9.17, 15) is 13.2 Å². The van der Waals surface area contributed by atoms with Gasteiger partial charge in [0.1, 0.15) is 13.2 Å². The molecule has 10 heteroatoms. The number of fused-ring (bicyclic) bond motifs is 2. The predicted molar refractivity (Wildman–Crippen MR) is 135 cm³/mol. The third-order valence-electron chi connectivity index (χ3n) is 5.69. The normalized spacial score (nSPS) is 13.7. The standard InChI is InChI=1S/C25H23N3O5S2/c1-3-28(18-7-5-4-6-8-18)35(30,31)19-11-9-17(10-12-19)24(29)26-25-27(2)20-15-21-22(16-23(20)34-25)33-14-13-32-21/h4-12,15-16H,3,13-14H2,1-2H3. The zero-order valence-electron chi connectivity index (χ0n) is 19.2. The number of thiazole rings is 1. The number of anilines is 1. The quantitative estimate of drug-likeness (QED) is 0.406. The first kappa shape index (κ1) is 23.1. The Morgan fingerprint density at radius 3 is 2.34 bits per heavy atom. The topological polar surface area (TPSA) is 90.2 Å². The van der Waals surface area contributed by atoms with Crippen LogP contribution in [0.15, 0.2) is 76.6 Å². The fourth-order valence-corrected chi connectivity index (χ4v) is 6.41. The van der Waals surface area contributed by atoms with Crippen molar-refractivity contribution in [3.8, 4) is 11.5 Å². The van der Waals surface area contributed by atoms with Gasteiger partial charge in [-0.2, -0.15) is 4.99 Å². The number of hydrogen-bond donors (Lipinski definition) is 0. The molecule has 35 heavy (non-hydrogen) atoms. The van der Waals surface area contributed by atoms with E-state index in [1.54, 1.807) is 31.2 Å². The number of nitrogens with zero attached hydrogens (tertiary/aromatic N) is 3. The maximum absolute atomic E-state index is 13.2. The lowest BCUT2D eigenvalue weighted by molar-refractivity contribution is 0.0998. The minimum atomic E-state index is -3.77. The van der Waals surface area contributed by atoms with E-state index in [1.165, 1.54) is 39.9 Å². The van der Waals surface area contributed by atoms with E-state index in [4.69, 9.17) is 9.47 Å². The molecule has 0 unspecified atom stereocenters. The van der Waals surface area contributed by atoms with Crippen LogP contribution in [0.2, 0.25) is 0 Å². The van der Waals surface area contributed by atoms with E-state index in [1.807, 2.05) is 29.8 Å². The Balaban J connectivity index is 1.44. The Labute approximate surface area is 206 Å². The van der Waals surface area contributed by atoms with Gasteiger partial charge < -0.3 is 14.0 Å². The molecule has 0 N–H and O–H groups in total. The van der Waals surface area contributed by atoms with Crippen molar-refractivity contribution in [2.24, 2.45) is 12.0 Å². The van der Waals surface area contributed by atoms with Gasteiger partial charge in [0, 0.05) is 31.3 Å². The summed E-state index contributed by atoms with van der Waals surface area (Å²) in [6.45, 7) is 3.05. The van der Waals surface area contributed by atoms with Crippen molar-refractivity contribution in [2.45, 2.75) is 11.8 Å². The molecule has 3 aromatic carbocycles. The number of aromatic nitrogens is 1. The molecule has 5 rings (SSSR count). The highest BCUT2D eigenvalue weighted by atomic mass is 32.2. The summed E-state index contributed by atoms with van der Waals surface area (Å²) in [7, 11) is -1.94. The van der Waals surface area contributed by atoms with Gasteiger partial charge in [-0.05, 0) is 43.3 Å². The molecule has 8 nitrogen and oxygen atoms in total. The van der Waals surface area contributed by atoms with E-state index in [-0.39, 0.29) is 11.4 Å². The lowest BCUT2D eigenvalue weighted by Gasteiger charge is -2.22. The lowest BCUT2D eigenvalue weighted by Crippen LogP contribution is -2.30. The zero-order valence-corrected chi connectivity index (χ0v) is 20.8. The second-order valence-electron chi connectivity index (χ2n) is 7.85. The minimum absolute atomic E-state index is 0.109. The molecule has 0 spiro atoms. The van der Waals surface area contributed by atoms with Crippen molar-refractivity contribution < 1.29 is 22.7 Å². The molecule has 1 aliphatic rings. The van der Waals surface area contributed by atoms with Crippen LogP contribution >= 0.6 is 11.3 Å². The Bertz CT molecular complexity index is 1570. The first-order valence-electron chi connectivity index (χ1n) is 11.0. The van der Waals surface area contributed by atoms with Gasteiger partial charge in [-0.25, -0.2) is 8.42 Å². The Kier molecular flexibility index (Phi) is 6.08. The summed E-state index contributed by atoms with van der Waals surface area (Å²) in [4.78, 5) is 17.8. The number of aryl methyl sites for hydroxylation is 1. The van der Waals surface area contributed by atoms with E-state index < -0.39 is 15.9 Å². The first-order chi connectivity index (χ1) is 16.9. The summed E-state index contributed by atoms with van der Waals surface area (Å²) >= 11 is 1.37. The van der Waals surface area contributed by atoms with E-state index in [2.05, 4.69) is 4.99 Å². The van der Waals surface area contributed by atoms with Crippen molar-refractivity contribution in [1.82, 2.24) is 4.57 Å². The number of ether oxygens (including phenoxy) is 2. The van der Waals surface area contributed by atoms with Crippen molar-refractivity contribution in [1.29, 1.82) is 0 Å². The maximum atomic E-state index is 13.2. The van der Waals surface area contributed by atoms with Crippen LogP contribution in [-0.2, 0) is 17.1 Å². The summed E-state index contributed by atoms with van der Waals surface area (Å²) in [6.07, 6.45) is 0. The Hall–Kier alpha value is -3.63. The van der Waals surface area contributed by atoms with Crippen LogP contribution in [0.25, 0.3) is 10.2 Å². The van der Waals surface area contributed by atoms with Gasteiger partial charge in [-0.3, -0.25) is 9.10 Å². The summed E-state index contributed by atoms with van der Waals surface area (Å²) < 4.78 is 41.7. The monoisotopic (exact) mass is 509 g/mol. The molecule has 0 atom stereocenters. The molecule has 0 saturated heterocycles. The number of rotatable bonds is 5. The summed E-state index contributed by atoms with van der Waals surface area (Å²) in [5.74, 6) is 0.893. The number of carbonyl (C=O) groups excluding carboxylic acids is 1. The maximum Gasteiger partial charge on any atom is 0.279 e. The molecular formula is C25H23N3O5S2. The van der Waals surface area contributed by atoms with E-state index >= 15 is 0 Å². The van der Waals surface area contributed by atoms with Crippen LogP contribution in [0.3, 0.4) is 0 Å². The molecule has 180 valence electrons. The van der Waals surface area contributed by atoms with Gasteiger partial charge in [0.25, 0.3) is 15.9 Å². The molecule has 0 saturated carbocycles. The average Bonchev–Trinajstić information content (AvgIpc) is 3.17. The number of para-hydroxylation sites is 1. The second kappa shape index (κ2) is 9.20. The predicted octanol–water partition coefficient (Wildman–Crippen LogP) is 3.97. The van der Waals surface area contributed by atoms with Gasteiger partial charge in [0.2, 0.25) is 0 Å². The molecular weight excluding hydrogens is 486 g/mol. The minimum Gasteiger partial charge on any atom is -0.486 e. The number of benzene rings is 3. The molecule has 0 aliphatic carbocycles. The Morgan fingerprint density at radius 2 is 1.69 bits per heavy atom. The third-order valence-corrected chi connectivity index (χ3v) is 8.70. The van der Waals surface area contributed by atoms with Gasteiger partial charge >= 0.3 is 0 Å². The summed E-state index contributed by atoms with van der Waals surface area (Å²) in [5, 5.41) is 0. The molecule has 2 heterocycles. The fourth-order valence-electron chi connectivity index (χ4n) is 3.90. The van der Waals surface area contributed by atoms with Crippen molar-refractivity contribution >= 4 is 43.2 Å². The Morgan fingerprint density at radius 1 is 1.03 bits per heavy atom. The first-order valence-corrected chi connectivity index (χ1v) is 13.3. The zero-order chi connectivity index (χ0) is 24.6. The van der Waals surface area contributed by atoms with Gasteiger partial charge in [-0.1, -0.05) is 29.5 Å². The van der Waals surface area contributed by atoms with Crippen molar-refractivity contribution in [3.05, 3.63) is 77.1 Å². The lowest BCUT2D eigenvalue weighted by atomic mass is 10.2. The third kappa shape index (κ3) is 4.30. The molecule has 0 bridgehead atoms. The van der Waals surface area contributed by atoms with Gasteiger partial charge in [-0.15, -0.1) is 0 Å². The van der Waals surface area contributed by atoms with Crippen LogP contribution in [-0.4, -0.2) is 38.7 Å². The van der Waals surface area contributed by atoms with Gasteiger partial charge in [0.15, 0.2) is 16.3 Å². The molecule has 0 fully saturated rings. The molecule has 0 radical (unpaired) electrons. The number of hydrogen-bond acceptors (Lipinski definition) is 6. The van der Waals surface area contributed by atoms with Crippen LogP contribution in [0.5, 0.6) is 11.5 Å².